The minimum atomic E-state index is -0.443. The number of carbonyl (C=O) groups is 1. The second kappa shape index (κ2) is 7.84. The molecule has 0 aromatic heterocycles. The summed E-state index contributed by atoms with van der Waals surface area (Å²) in [5.41, 5.74) is -0.443. The summed E-state index contributed by atoms with van der Waals surface area (Å²) < 4.78 is 5.45. The lowest BCUT2D eigenvalue weighted by atomic mass is 10.0. The first kappa shape index (κ1) is 18.5. The quantitative estimate of drug-likeness (QED) is 0.784. The number of carbonyl (C=O) groups excluding carboxylic acids is 1. The molecule has 1 saturated carbocycles. The van der Waals surface area contributed by atoms with Gasteiger partial charge in [-0.05, 0) is 54.0 Å². The number of nitrogens with zero attached hydrogens (tertiary/aromatic N) is 1. The Labute approximate surface area is 141 Å². The van der Waals surface area contributed by atoms with Crippen molar-refractivity contribution in [3.8, 4) is 0 Å². The van der Waals surface area contributed by atoms with Crippen LogP contribution in [0.5, 0.6) is 0 Å². The zero-order valence-electron chi connectivity index (χ0n) is 15.5. The molecule has 2 N–H and O–H groups in total. The third kappa shape index (κ3) is 5.96. The summed E-state index contributed by atoms with van der Waals surface area (Å²) in [5, 5.41) is 6.95. The Kier molecular flexibility index (Phi) is 6.32. The summed E-state index contributed by atoms with van der Waals surface area (Å²) in [7, 11) is 2.19. The summed E-state index contributed by atoms with van der Waals surface area (Å²) in [6.45, 7) is 9.10. The Morgan fingerprint density at radius 3 is 2.35 bits per heavy atom. The lowest BCUT2D eigenvalue weighted by Crippen LogP contribution is -2.53. The first-order valence-corrected chi connectivity index (χ1v) is 9.20. The second-order valence-corrected chi connectivity index (χ2v) is 8.39. The molecule has 1 aliphatic carbocycles. The van der Waals surface area contributed by atoms with Gasteiger partial charge >= 0.3 is 6.09 Å². The molecule has 0 radical (unpaired) electrons. The standard InChI is InChI=1S/C18H35N3O2/c1-13-11-14(12-21(13)5)19-15-9-7-6-8-10-16(15)20-17(22)23-18(2,3)4/h13-16,19H,6-12H2,1-5H3,(H,20,22). The molecule has 1 heterocycles. The number of amides is 1. The van der Waals surface area contributed by atoms with Crippen LogP contribution in [-0.4, -0.2) is 54.4 Å². The predicted octanol–water partition coefficient (Wildman–Crippen LogP) is 2.89. The summed E-state index contributed by atoms with van der Waals surface area (Å²) in [5.74, 6) is 0. The molecule has 2 rings (SSSR count). The van der Waals surface area contributed by atoms with Gasteiger partial charge in [-0.15, -0.1) is 0 Å². The maximum Gasteiger partial charge on any atom is 0.407 e. The van der Waals surface area contributed by atoms with Gasteiger partial charge in [0, 0.05) is 30.7 Å². The Balaban J connectivity index is 1.92. The van der Waals surface area contributed by atoms with Crippen molar-refractivity contribution < 1.29 is 9.53 Å². The van der Waals surface area contributed by atoms with Crippen molar-refractivity contribution in [3.63, 3.8) is 0 Å². The molecule has 1 aliphatic heterocycles. The van der Waals surface area contributed by atoms with E-state index >= 15 is 0 Å². The highest BCUT2D eigenvalue weighted by molar-refractivity contribution is 5.68. The molecule has 1 amide bonds. The molecule has 2 aliphatic rings. The smallest absolute Gasteiger partial charge is 0.407 e. The van der Waals surface area contributed by atoms with Crippen LogP contribution in [0, 0.1) is 0 Å². The van der Waals surface area contributed by atoms with Gasteiger partial charge in [-0.25, -0.2) is 4.79 Å². The fourth-order valence-corrected chi connectivity index (χ4v) is 3.76. The van der Waals surface area contributed by atoms with Crippen molar-refractivity contribution in [1.29, 1.82) is 0 Å². The van der Waals surface area contributed by atoms with E-state index in [1.54, 1.807) is 0 Å². The zero-order chi connectivity index (χ0) is 17.0. The second-order valence-electron chi connectivity index (χ2n) is 8.39. The van der Waals surface area contributed by atoms with Gasteiger partial charge in [0.1, 0.15) is 5.60 Å². The van der Waals surface area contributed by atoms with Gasteiger partial charge in [0.15, 0.2) is 0 Å². The number of hydrogen-bond acceptors (Lipinski definition) is 4. The highest BCUT2D eigenvalue weighted by Gasteiger charge is 2.32. The van der Waals surface area contributed by atoms with Crippen molar-refractivity contribution in [1.82, 2.24) is 15.5 Å². The average Bonchev–Trinajstić information content (AvgIpc) is 2.59. The van der Waals surface area contributed by atoms with Crippen LogP contribution in [0.3, 0.4) is 0 Å². The van der Waals surface area contributed by atoms with E-state index in [0.29, 0.717) is 18.1 Å². The van der Waals surface area contributed by atoms with E-state index in [2.05, 4.69) is 29.5 Å². The number of likely N-dealkylation sites (N-methyl/N-ethyl adjacent to an activating group) is 1. The molecule has 4 atom stereocenters. The van der Waals surface area contributed by atoms with Gasteiger partial charge in [0.25, 0.3) is 0 Å². The van der Waals surface area contributed by atoms with E-state index in [0.717, 1.165) is 19.4 Å². The largest absolute Gasteiger partial charge is 0.444 e. The summed E-state index contributed by atoms with van der Waals surface area (Å²) in [6, 6.07) is 1.69. The third-order valence-electron chi connectivity index (χ3n) is 5.05. The molecule has 0 aromatic rings. The van der Waals surface area contributed by atoms with Crippen LogP contribution >= 0.6 is 0 Å². The Hall–Kier alpha value is -0.810. The van der Waals surface area contributed by atoms with Crippen molar-refractivity contribution in [2.45, 2.75) is 96.0 Å². The molecule has 1 saturated heterocycles. The Morgan fingerprint density at radius 2 is 1.78 bits per heavy atom. The van der Waals surface area contributed by atoms with Crippen LogP contribution in [-0.2, 0) is 4.74 Å². The normalized spacial score (nSPS) is 33.3. The lowest BCUT2D eigenvalue weighted by Gasteiger charge is -2.31. The van der Waals surface area contributed by atoms with E-state index in [1.807, 2.05) is 20.8 Å². The van der Waals surface area contributed by atoms with Crippen LogP contribution in [0.1, 0.15) is 66.2 Å². The molecule has 0 aromatic carbocycles. The van der Waals surface area contributed by atoms with Crippen LogP contribution in [0.2, 0.25) is 0 Å². The van der Waals surface area contributed by atoms with E-state index in [-0.39, 0.29) is 12.1 Å². The summed E-state index contributed by atoms with van der Waals surface area (Å²) >= 11 is 0. The van der Waals surface area contributed by atoms with Gasteiger partial charge in [0.05, 0.1) is 0 Å². The van der Waals surface area contributed by atoms with Crippen LogP contribution in [0.15, 0.2) is 0 Å². The monoisotopic (exact) mass is 325 g/mol. The van der Waals surface area contributed by atoms with Gasteiger partial charge in [0.2, 0.25) is 0 Å². The molecule has 5 nitrogen and oxygen atoms in total. The maximum atomic E-state index is 12.2. The van der Waals surface area contributed by atoms with Gasteiger partial charge < -0.3 is 20.3 Å². The topological polar surface area (TPSA) is 53.6 Å². The SMILES string of the molecule is CC1CC(NC2CCCCCC2NC(=O)OC(C)(C)C)CN1C. The van der Waals surface area contributed by atoms with Crippen molar-refractivity contribution in [2.24, 2.45) is 0 Å². The summed E-state index contributed by atoms with van der Waals surface area (Å²) in [6.07, 6.45) is 6.75. The van der Waals surface area contributed by atoms with Gasteiger partial charge in [-0.2, -0.15) is 0 Å². The number of ether oxygens (including phenoxy) is 1. The summed E-state index contributed by atoms with van der Waals surface area (Å²) in [4.78, 5) is 14.6. The zero-order valence-corrected chi connectivity index (χ0v) is 15.5. The van der Waals surface area contributed by atoms with Gasteiger partial charge in [-0.1, -0.05) is 19.3 Å². The molecule has 5 heteroatoms. The fraction of sp³-hybridized carbons (Fsp3) is 0.944. The van der Waals surface area contributed by atoms with Crippen molar-refractivity contribution >= 4 is 6.09 Å². The lowest BCUT2D eigenvalue weighted by molar-refractivity contribution is 0.0488. The molecule has 2 fully saturated rings. The molecule has 4 unspecified atom stereocenters. The van der Waals surface area contributed by atoms with E-state index < -0.39 is 5.60 Å². The molecule has 0 spiro atoms. The number of hydrogen-bond donors (Lipinski definition) is 2. The maximum absolute atomic E-state index is 12.2. The van der Waals surface area contributed by atoms with Crippen LogP contribution < -0.4 is 10.6 Å². The van der Waals surface area contributed by atoms with E-state index in [9.17, 15) is 4.79 Å². The van der Waals surface area contributed by atoms with Crippen LogP contribution in [0.25, 0.3) is 0 Å². The van der Waals surface area contributed by atoms with Crippen molar-refractivity contribution in [3.05, 3.63) is 0 Å². The Morgan fingerprint density at radius 1 is 1.13 bits per heavy atom. The first-order valence-electron chi connectivity index (χ1n) is 9.20. The number of alkyl carbamates (subject to hydrolysis) is 1. The van der Waals surface area contributed by atoms with Gasteiger partial charge in [-0.3, -0.25) is 0 Å². The van der Waals surface area contributed by atoms with E-state index in [1.165, 1.54) is 25.7 Å². The van der Waals surface area contributed by atoms with Crippen LogP contribution in [0.4, 0.5) is 4.79 Å². The molecular formula is C18H35N3O2. The number of likely N-dealkylation sites (tertiary alicyclic amines) is 1. The highest BCUT2D eigenvalue weighted by atomic mass is 16.6. The minimum absolute atomic E-state index is 0.175. The number of rotatable bonds is 3. The predicted molar refractivity (Wildman–Crippen MR) is 93.7 cm³/mol. The fourth-order valence-electron chi connectivity index (χ4n) is 3.76. The first-order chi connectivity index (χ1) is 10.7. The number of nitrogens with one attached hydrogen (secondary N) is 2. The van der Waals surface area contributed by atoms with Crippen molar-refractivity contribution in [2.75, 3.05) is 13.6 Å². The molecule has 23 heavy (non-hydrogen) atoms. The van der Waals surface area contributed by atoms with E-state index in [4.69, 9.17) is 4.74 Å². The third-order valence-corrected chi connectivity index (χ3v) is 5.05. The minimum Gasteiger partial charge on any atom is -0.444 e. The molecule has 0 bridgehead atoms. The average molecular weight is 325 g/mol. The molecular weight excluding hydrogens is 290 g/mol. The Bertz CT molecular complexity index is 384. The highest BCUT2D eigenvalue weighted by Crippen LogP contribution is 2.22. The molecule has 134 valence electrons.